The highest BCUT2D eigenvalue weighted by atomic mass is 16.5. The molecule has 4 nitrogen and oxygen atoms in total. The van der Waals surface area contributed by atoms with Crippen LogP contribution < -0.4 is 11.1 Å². The van der Waals surface area contributed by atoms with Crippen molar-refractivity contribution in [2.24, 2.45) is 5.73 Å². The van der Waals surface area contributed by atoms with Crippen molar-refractivity contribution in [1.29, 1.82) is 0 Å². The molecule has 0 spiro atoms. The van der Waals surface area contributed by atoms with Gasteiger partial charge in [-0.15, -0.1) is 6.58 Å². The molecule has 3 N–H and O–H groups in total. The first-order valence-corrected chi connectivity index (χ1v) is 5.20. The molecule has 0 fully saturated rings. The summed E-state index contributed by atoms with van der Waals surface area (Å²) in [5.41, 5.74) is 5.25. The molecule has 0 unspecified atom stereocenters. The van der Waals surface area contributed by atoms with E-state index in [4.69, 9.17) is 10.5 Å². The molecule has 0 aliphatic carbocycles. The second kappa shape index (κ2) is 7.43. The fourth-order valence-electron chi connectivity index (χ4n) is 1.01. The van der Waals surface area contributed by atoms with Gasteiger partial charge in [-0.3, -0.25) is 4.79 Å². The summed E-state index contributed by atoms with van der Waals surface area (Å²) < 4.78 is 5.24. The number of hydrogen-bond acceptors (Lipinski definition) is 3. The predicted octanol–water partition coefficient (Wildman–Crippen LogP) is 0.823. The van der Waals surface area contributed by atoms with Crippen LogP contribution in [0.1, 0.15) is 26.7 Å². The Morgan fingerprint density at radius 1 is 1.53 bits per heavy atom. The van der Waals surface area contributed by atoms with Crippen LogP contribution in [0, 0.1) is 0 Å². The summed E-state index contributed by atoms with van der Waals surface area (Å²) in [6, 6.07) is 0. The molecule has 88 valence electrons. The molecule has 0 saturated heterocycles. The smallest absolute Gasteiger partial charge is 0.221 e. The fraction of sp³-hybridized carbons (Fsp3) is 0.727. The van der Waals surface area contributed by atoms with E-state index in [1.54, 1.807) is 6.08 Å². The Kier molecular flexibility index (Phi) is 6.99. The van der Waals surface area contributed by atoms with Gasteiger partial charge in [0.05, 0.1) is 13.2 Å². The Morgan fingerprint density at radius 3 is 2.73 bits per heavy atom. The number of carbonyl (C=O) groups excluding carboxylic acids is 1. The molecule has 0 saturated carbocycles. The van der Waals surface area contributed by atoms with Gasteiger partial charge in [-0.25, -0.2) is 0 Å². The maximum Gasteiger partial charge on any atom is 0.221 e. The van der Waals surface area contributed by atoms with Crippen molar-refractivity contribution in [1.82, 2.24) is 5.32 Å². The van der Waals surface area contributed by atoms with Crippen LogP contribution in [0.4, 0.5) is 0 Å². The predicted molar refractivity (Wildman–Crippen MR) is 61.5 cm³/mol. The van der Waals surface area contributed by atoms with Crippen molar-refractivity contribution in [2.45, 2.75) is 32.2 Å². The fourth-order valence-corrected chi connectivity index (χ4v) is 1.01. The Hall–Kier alpha value is -0.870. The highest BCUT2D eigenvalue weighted by Gasteiger charge is 2.15. The lowest BCUT2D eigenvalue weighted by Crippen LogP contribution is -2.39. The van der Waals surface area contributed by atoms with Gasteiger partial charge in [0.25, 0.3) is 0 Å². The third-order valence-electron chi connectivity index (χ3n) is 1.65. The van der Waals surface area contributed by atoms with Crippen molar-refractivity contribution in [2.75, 3.05) is 19.8 Å². The first-order valence-electron chi connectivity index (χ1n) is 5.20. The van der Waals surface area contributed by atoms with Crippen LogP contribution in [0.2, 0.25) is 0 Å². The minimum absolute atomic E-state index is 0.0326. The summed E-state index contributed by atoms with van der Waals surface area (Å²) in [6.07, 6.45) is 2.97. The van der Waals surface area contributed by atoms with Gasteiger partial charge in [0.2, 0.25) is 5.91 Å². The summed E-state index contributed by atoms with van der Waals surface area (Å²) >= 11 is 0. The molecule has 0 aliphatic rings. The molecule has 1 amide bonds. The third kappa shape index (κ3) is 11.1. The standard InChI is InChI=1S/C11H22N2O2/c1-4-5-7-15-8-6-13-10(14)9-11(2,3)12/h4H,1,5-9,12H2,2-3H3,(H,13,14). The Labute approximate surface area is 91.9 Å². The van der Waals surface area contributed by atoms with E-state index in [-0.39, 0.29) is 5.91 Å². The highest BCUT2D eigenvalue weighted by Crippen LogP contribution is 2.01. The van der Waals surface area contributed by atoms with Gasteiger partial charge < -0.3 is 15.8 Å². The lowest BCUT2D eigenvalue weighted by molar-refractivity contribution is -0.122. The quantitative estimate of drug-likeness (QED) is 0.464. The van der Waals surface area contributed by atoms with Crippen LogP contribution in [0.15, 0.2) is 12.7 Å². The maximum atomic E-state index is 11.3. The number of rotatable bonds is 8. The van der Waals surface area contributed by atoms with E-state index in [9.17, 15) is 4.79 Å². The van der Waals surface area contributed by atoms with Gasteiger partial charge in [0.1, 0.15) is 0 Å². The van der Waals surface area contributed by atoms with E-state index in [0.29, 0.717) is 26.2 Å². The van der Waals surface area contributed by atoms with Gasteiger partial charge in [-0.2, -0.15) is 0 Å². The summed E-state index contributed by atoms with van der Waals surface area (Å²) in [6.45, 7) is 8.96. The highest BCUT2D eigenvalue weighted by molar-refractivity contribution is 5.76. The maximum absolute atomic E-state index is 11.3. The molecule has 0 aromatic rings. The summed E-state index contributed by atoms with van der Waals surface area (Å²) in [7, 11) is 0. The van der Waals surface area contributed by atoms with E-state index in [1.165, 1.54) is 0 Å². The monoisotopic (exact) mass is 214 g/mol. The summed E-state index contributed by atoms with van der Waals surface area (Å²) in [4.78, 5) is 11.3. The minimum atomic E-state index is -0.451. The van der Waals surface area contributed by atoms with Gasteiger partial charge in [0, 0.05) is 18.5 Å². The molecule has 0 atom stereocenters. The lowest BCUT2D eigenvalue weighted by Gasteiger charge is -2.17. The summed E-state index contributed by atoms with van der Waals surface area (Å²) in [5.74, 6) is -0.0326. The van der Waals surface area contributed by atoms with Gasteiger partial charge in [-0.1, -0.05) is 6.08 Å². The molecule has 0 radical (unpaired) electrons. The van der Waals surface area contributed by atoms with Crippen LogP contribution in [0.3, 0.4) is 0 Å². The van der Waals surface area contributed by atoms with E-state index >= 15 is 0 Å². The molecule has 0 aliphatic heterocycles. The van der Waals surface area contributed by atoms with Crippen LogP contribution >= 0.6 is 0 Å². The molecule has 4 heteroatoms. The van der Waals surface area contributed by atoms with Gasteiger partial charge in [-0.05, 0) is 20.3 Å². The third-order valence-corrected chi connectivity index (χ3v) is 1.65. The second-order valence-electron chi connectivity index (χ2n) is 4.21. The van der Waals surface area contributed by atoms with Crippen molar-refractivity contribution in [3.05, 3.63) is 12.7 Å². The minimum Gasteiger partial charge on any atom is -0.379 e. The number of carbonyl (C=O) groups is 1. The molecule has 0 bridgehead atoms. The van der Waals surface area contributed by atoms with Crippen LogP contribution in [-0.4, -0.2) is 31.2 Å². The number of nitrogens with two attached hydrogens (primary N) is 1. The molecular formula is C11H22N2O2. The Balaban J connectivity index is 3.36. The SMILES string of the molecule is C=CCCOCCNC(=O)CC(C)(C)N. The van der Waals surface area contributed by atoms with Crippen molar-refractivity contribution >= 4 is 5.91 Å². The second-order valence-corrected chi connectivity index (χ2v) is 4.21. The number of hydrogen-bond donors (Lipinski definition) is 2. The molecule has 0 aromatic heterocycles. The zero-order valence-corrected chi connectivity index (χ0v) is 9.71. The van der Waals surface area contributed by atoms with Crippen molar-refractivity contribution < 1.29 is 9.53 Å². The number of nitrogens with one attached hydrogen (secondary N) is 1. The molecule has 15 heavy (non-hydrogen) atoms. The van der Waals surface area contributed by atoms with Crippen molar-refractivity contribution in [3.8, 4) is 0 Å². The van der Waals surface area contributed by atoms with E-state index in [2.05, 4.69) is 11.9 Å². The van der Waals surface area contributed by atoms with E-state index < -0.39 is 5.54 Å². The Bertz CT molecular complexity index is 197. The first-order chi connectivity index (χ1) is 6.95. The topological polar surface area (TPSA) is 64.3 Å². The van der Waals surface area contributed by atoms with Crippen molar-refractivity contribution in [3.63, 3.8) is 0 Å². The van der Waals surface area contributed by atoms with E-state index in [0.717, 1.165) is 6.42 Å². The number of amides is 1. The average molecular weight is 214 g/mol. The lowest BCUT2D eigenvalue weighted by atomic mass is 10.0. The average Bonchev–Trinajstić information content (AvgIpc) is 2.08. The Morgan fingerprint density at radius 2 is 2.20 bits per heavy atom. The largest absolute Gasteiger partial charge is 0.379 e. The van der Waals surface area contributed by atoms with Crippen LogP contribution in [0.25, 0.3) is 0 Å². The molecular weight excluding hydrogens is 192 g/mol. The molecule has 0 aromatic carbocycles. The zero-order chi connectivity index (χ0) is 11.7. The van der Waals surface area contributed by atoms with Crippen LogP contribution in [-0.2, 0) is 9.53 Å². The molecule has 0 heterocycles. The molecule has 0 rings (SSSR count). The number of ether oxygens (including phenoxy) is 1. The zero-order valence-electron chi connectivity index (χ0n) is 9.71. The van der Waals surface area contributed by atoms with Crippen LogP contribution in [0.5, 0.6) is 0 Å². The van der Waals surface area contributed by atoms with Gasteiger partial charge in [0.15, 0.2) is 0 Å². The summed E-state index contributed by atoms with van der Waals surface area (Å²) in [5, 5.41) is 2.75. The van der Waals surface area contributed by atoms with E-state index in [1.807, 2.05) is 13.8 Å². The first kappa shape index (κ1) is 14.1. The van der Waals surface area contributed by atoms with Gasteiger partial charge >= 0.3 is 0 Å². The normalized spacial score (nSPS) is 11.1.